The van der Waals surface area contributed by atoms with Crippen molar-refractivity contribution in [2.45, 2.75) is 32.9 Å². The van der Waals surface area contributed by atoms with Gasteiger partial charge in [0.1, 0.15) is 6.04 Å². The van der Waals surface area contributed by atoms with E-state index in [1.54, 1.807) is 0 Å². The van der Waals surface area contributed by atoms with Gasteiger partial charge >= 0.3 is 0 Å². The van der Waals surface area contributed by atoms with E-state index in [9.17, 15) is 9.59 Å². The highest BCUT2D eigenvalue weighted by atomic mass is 35.5. The van der Waals surface area contributed by atoms with Crippen LogP contribution >= 0.6 is 11.6 Å². The van der Waals surface area contributed by atoms with Crippen molar-refractivity contribution in [2.24, 2.45) is 11.8 Å². The van der Waals surface area contributed by atoms with Crippen molar-refractivity contribution in [3.05, 3.63) is 34.9 Å². The molecule has 0 bridgehead atoms. The van der Waals surface area contributed by atoms with Gasteiger partial charge < -0.3 is 10.6 Å². The molecule has 4 N–H and O–H groups in total. The number of rotatable bonds is 6. The van der Waals surface area contributed by atoms with Crippen molar-refractivity contribution in [1.29, 1.82) is 0 Å². The van der Waals surface area contributed by atoms with Gasteiger partial charge in [-0.25, -0.2) is 5.43 Å². The van der Waals surface area contributed by atoms with Crippen LogP contribution in [0.5, 0.6) is 0 Å². The quantitative estimate of drug-likeness (QED) is 0.623. The van der Waals surface area contributed by atoms with Crippen molar-refractivity contribution in [2.75, 3.05) is 13.1 Å². The van der Waals surface area contributed by atoms with Crippen LogP contribution in [-0.2, 0) is 9.59 Å². The minimum Gasteiger partial charge on any atom is -0.354 e. The fraction of sp³-hybridized carbons (Fsp3) is 0.529. The van der Waals surface area contributed by atoms with Crippen LogP contribution in [0.2, 0.25) is 5.02 Å². The Bertz CT molecular complexity index is 576. The topological polar surface area (TPSA) is 82.3 Å². The molecular formula is C17H25ClN4O2. The molecule has 2 rings (SSSR count). The number of hydrogen-bond donors (Lipinski definition) is 4. The minimum atomic E-state index is -0.515. The molecule has 0 aliphatic carbocycles. The molecule has 6 nitrogen and oxygen atoms in total. The van der Waals surface area contributed by atoms with Crippen LogP contribution in [0.4, 0.5) is 0 Å². The van der Waals surface area contributed by atoms with Gasteiger partial charge in [0, 0.05) is 31.0 Å². The molecule has 1 fully saturated rings. The Hall–Kier alpha value is -1.63. The highest BCUT2D eigenvalue weighted by Gasteiger charge is 2.30. The molecule has 1 aromatic rings. The Balaban J connectivity index is 1.95. The van der Waals surface area contributed by atoms with Gasteiger partial charge in [-0.15, -0.1) is 0 Å². The lowest BCUT2D eigenvalue weighted by molar-refractivity contribution is -0.129. The number of carbonyl (C=O) groups excluding carboxylic acids is 2. The van der Waals surface area contributed by atoms with Crippen LogP contribution in [0.3, 0.4) is 0 Å². The maximum atomic E-state index is 12.4. The summed E-state index contributed by atoms with van der Waals surface area (Å²) in [5.74, 6) is -0.116. The smallest absolute Gasteiger partial charge is 0.242 e. The molecule has 0 aromatic heterocycles. The molecule has 3 atom stereocenters. The maximum absolute atomic E-state index is 12.4. The minimum absolute atomic E-state index is 0.0285. The Morgan fingerprint density at radius 3 is 2.54 bits per heavy atom. The first-order valence-electron chi connectivity index (χ1n) is 8.17. The maximum Gasteiger partial charge on any atom is 0.242 e. The van der Waals surface area contributed by atoms with Crippen LogP contribution in [0.1, 0.15) is 32.4 Å². The van der Waals surface area contributed by atoms with E-state index in [0.717, 1.165) is 12.1 Å². The lowest BCUT2D eigenvalue weighted by Crippen LogP contribution is -2.50. The number of benzene rings is 1. The zero-order chi connectivity index (χ0) is 17.7. The molecule has 0 spiro atoms. The third-order valence-electron chi connectivity index (χ3n) is 4.17. The highest BCUT2D eigenvalue weighted by Crippen LogP contribution is 2.25. The van der Waals surface area contributed by atoms with Gasteiger partial charge in [0.2, 0.25) is 11.8 Å². The Labute approximate surface area is 147 Å². The number of carbonyl (C=O) groups is 2. The largest absolute Gasteiger partial charge is 0.354 e. The van der Waals surface area contributed by atoms with E-state index >= 15 is 0 Å². The molecular weight excluding hydrogens is 328 g/mol. The molecule has 1 saturated heterocycles. The summed E-state index contributed by atoms with van der Waals surface area (Å²) in [6, 6.07) is 7.27. The zero-order valence-corrected chi connectivity index (χ0v) is 15.0. The Morgan fingerprint density at radius 2 is 1.96 bits per heavy atom. The fourth-order valence-corrected chi connectivity index (χ4v) is 2.97. The van der Waals surface area contributed by atoms with Crippen molar-refractivity contribution < 1.29 is 9.59 Å². The average molecular weight is 353 g/mol. The molecule has 0 saturated carbocycles. The van der Waals surface area contributed by atoms with Gasteiger partial charge in [-0.05, 0) is 23.6 Å². The molecule has 1 aromatic carbocycles. The van der Waals surface area contributed by atoms with E-state index < -0.39 is 6.04 Å². The number of amides is 2. The number of nitrogens with one attached hydrogen (secondary N) is 4. The lowest BCUT2D eigenvalue weighted by Gasteiger charge is -2.24. The Kier molecular flexibility index (Phi) is 6.60. The molecule has 0 radical (unpaired) electrons. The third-order valence-corrected chi connectivity index (χ3v) is 4.42. The summed E-state index contributed by atoms with van der Waals surface area (Å²) in [7, 11) is 0. The van der Waals surface area contributed by atoms with Gasteiger partial charge in [-0.2, -0.15) is 0 Å². The van der Waals surface area contributed by atoms with Gasteiger partial charge in [0.25, 0.3) is 0 Å². The number of halogens is 1. The van der Waals surface area contributed by atoms with Crippen LogP contribution in [0.25, 0.3) is 0 Å². The summed E-state index contributed by atoms with van der Waals surface area (Å²) in [5, 5.41) is 6.37. The molecule has 3 unspecified atom stereocenters. The van der Waals surface area contributed by atoms with Gasteiger partial charge in [-0.3, -0.25) is 15.0 Å². The summed E-state index contributed by atoms with van der Waals surface area (Å²) in [6.45, 7) is 6.52. The van der Waals surface area contributed by atoms with E-state index in [1.807, 2.05) is 38.1 Å². The van der Waals surface area contributed by atoms with Crippen molar-refractivity contribution in [3.63, 3.8) is 0 Å². The molecule has 1 aliphatic rings. The lowest BCUT2D eigenvalue weighted by atomic mass is 9.94. The molecule has 132 valence electrons. The second kappa shape index (κ2) is 8.46. The van der Waals surface area contributed by atoms with Crippen molar-refractivity contribution in [3.8, 4) is 0 Å². The SMILES string of the molecule is CC(=O)NC(C(=O)NCC1CNNC1c1ccc(Cl)cc1)C(C)C. The predicted molar refractivity (Wildman–Crippen MR) is 94.3 cm³/mol. The summed E-state index contributed by atoms with van der Waals surface area (Å²) >= 11 is 5.94. The third kappa shape index (κ3) is 4.93. The predicted octanol–water partition coefficient (Wildman–Crippen LogP) is 1.38. The van der Waals surface area contributed by atoms with Crippen LogP contribution in [-0.4, -0.2) is 30.9 Å². The summed E-state index contributed by atoms with van der Waals surface area (Å²) in [6.07, 6.45) is 0. The first kappa shape index (κ1) is 18.7. The van der Waals surface area contributed by atoms with E-state index in [2.05, 4.69) is 21.5 Å². The van der Waals surface area contributed by atoms with Crippen molar-refractivity contribution >= 4 is 23.4 Å². The second-order valence-corrected chi connectivity index (χ2v) is 6.92. The van der Waals surface area contributed by atoms with Crippen LogP contribution in [0, 0.1) is 11.8 Å². The standard InChI is InChI=1S/C17H25ClN4O2/c1-10(2)15(21-11(3)23)17(24)19-8-13-9-20-22-16(13)12-4-6-14(18)7-5-12/h4-7,10,13,15-16,20,22H,8-9H2,1-3H3,(H,19,24)(H,21,23). The monoisotopic (exact) mass is 352 g/mol. The summed E-state index contributed by atoms with van der Waals surface area (Å²) < 4.78 is 0. The first-order chi connectivity index (χ1) is 11.4. The van der Waals surface area contributed by atoms with E-state index in [4.69, 9.17) is 11.6 Å². The molecule has 1 heterocycles. The first-order valence-corrected chi connectivity index (χ1v) is 8.55. The number of hydrazine groups is 1. The zero-order valence-electron chi connectivity index (χ0n) is 14.2. The van der Waals surface area contributed by atoms with Gasteiger partial charge in [-0.1, -0.05) is 37.6 Å². The van der Waals surface area contributed by atoms with Crippen molar-refractivity contribution in [1.82, 2.24) is 21.5 Å². The number of hydrogen-bond acceptors (Lipinski definition) is 4. The highest BCUT2D eigenvalue weighted by molar-refractivity contribution is 6.30. The molecule has 1 aliphatic heterocycles. The van der Waals surface area contributed by atoms with E-state index in [1.165, 1.54) is 6.92 Å². The molecule has 2 amide bonds. The average Bonchev–Trinajstić information content (AvgIpc) is 2.99. The summed E-state index contributed by atoms with van der Waals surface area (Å²) in [4.78, 5) is 23.6. The van der Waals surface area contributed by atoms with E-state index in [0.29, 0.717) is 11.6 Å². The summed E-state index contributed by atoms with van der Waals surface area (Å²) in [5.41, 5.74) is 7.49. The second-order valence-electron chi connectivity index (χ2n) is 6.48. The fourth-order valence-electron chi connectivity index (χ4n) is 2.85. The van der Waals surface area contributed by atoms with Gasteiger partial charge in [0.05, 0.1) is 6.04 Å². The van der Waals surface area contributed by atoms with Crippen LogP contribution in [0.15, 0.2) is 24.3 Å². The normalized spacial score (nSPS) is 21.5. The molecule has 7 heteroatoms. The van der Waals surface area contributed by atoms with Crippen LogP contribution < -0.4 is 21.5 Å². The van der Waals surface area contributed by atoms with Gasteiger partial charge in [0.15, 0.2) is 0 Å². The van der Waals surface area contributed by atoms with E-state index in [-0.39, 0.29) is 29.7 Å². The Morgan fingerprint density at radius 1 is 1.29 bits per heavy atom. The molecule has 24 heavy (non-hydrogen) atoms.